The van der Waals surface area contributed by atoms with E-state index in [4.69, 9.17) is 10.2 Å². The monoisotopic (exact) mass is 446 g/mol. The highest BCUT2D eigenvalue weighted by molar-refractivity contribution is 7.89. The summed E-state index contributed by atoms with van der Waals surface area (Å²) in [4.78, 5) is 12.5. The van der Waals surface area contributed by atoms with Crippen LogP contribution in [0.2, 0.25) is 0 Å². The summed E-state index contributed by atoms with van der Waals surface area (Å²) in [6.45, 7) is 0.311. The molecule has 0 fully saturated rings. The van der Waals surface area contributed by atoms with Crippen LogP contribution < -0.4 is 10.5 Å². The van der Waals surface area contributed by atoms with Gasteiger partial charge in [0.15, 0.2) is 0 Å². The molecule has 0 unspecified atom stereocenters. The van der Waals surface area contributed by atoms with Gasteiger partial charge in [0, 0.05) is 23.9 Å². The molecule has 0 aliphatic heterocycles. The molecule has 1 aromatic heterocycles. The number of nitrogens with two attached hydrogens (primary N) is 1. The lowest BCUT2D eigenvalue weighted by Gasteiger charge is -2.06. The van der Waals surface area contributed by atoms with Crippen molar-refractivity contribution < 1.29 is 13.2 Å². The van der Waals surface area contributed by atoms with Gasteiger partial charge in [-0.15, -0.1) is 0 Å². The van der Waals surface area contributed by atoms with Gasteiger partial charge in [-0.25, -0.2) is 18.2 Å². The predicted molar refractivity (Wildman–Crippen MR) is 122 cm³/mol. The number of carbonyl (C=O) groups excluding carboxylic acids is 1. The molecule has 0 bridgehead atoms. The number of hydrogen-bond donors (Lipinski definition) is 2. The van der Waals surface area contributed by atoms with Crippen molar-refractivity contribution in [2.24, 2.45) is 5.14 Å². The minimum Gasteiger partial charge on any atom is -0.352 e. The van der Waals surface area contributed by atoms with Crippen LogP contribution in [0.25, 0.3) is 16.9 Å². The van der Waals surface area contributed by atoms with Gasteiger partial charge in [0.05, 0.1) is 22.7 Å². The van der Waals surface area contributed by atoms with Gasteiger partial charge in [0.2, 0.25) is 15.9 Å². The largest absolute Gasteiger partial charge is 0.352 e. The Labute approximate surface area is 186 Å². The van der Waals surface area contributed by atoms with Gasteiger partial charge in [-0.2, -0.15) is 5.10 Å². The number of amides is 1. The Hall–Kier alpha value is -3.75. The zero-order valence-electron chi connectivity index (χ0n) is 17.2. The van der Waals surface area contributed by atoms with E-state index in [1.165, 1.54) is 12.1 Å². The van der Waals surface area contributed by atoms with Gasteiger partial charge in [0.25, 0.3) is 0 Å². The number of rotatable bonds is 7. The number of nitrogens with zero attached hydrogens (tertiary/aromatic N) is 2. The Bertz CT molecular complexity index is 1320. The molecular weight excluding hydrogens is 424 g/mol. The van der Waals surface area contributed by atoms with E-state index >= 15 is 0 Å². The number of benzene rings is 3. The Balaban J connectivity index is 1.51. The quantitative estimate of drug-likeness (QED) is 0.455. The third-order valence-electron chi connectivity index (χ3n) is 4.95. The minimum absolute atomic E-state index is 0.0162. The van der Waals surface area contributed by atoms with E-state index < -0.39 is 10.0 Å². The SMILES string of the molecule is NS(=O)(=O)c1ccc(CC(=O)NCc2cn(-c3ccccc3)nc2-c2ccccc2)cc1. The van der Waals surface area contributed by atoms with Crippen molar-refractivity contribution in [3.05, 3.63) is 102 Å². The average molecular weight is 447 g/mol. The van der Waals surface area contributed by atoms with Crippen LogP contribution in [-0.2, 0) is 27.8 Å². The molecule has 8 heteroatoms. The Kier molecular flexibility index (Phi) is 6.16. The Morgan fingerprint density at radius 3 is 2.16 bits per heavy atom. The van der Waals surface area contributed by atoms with Gasteiger partial charge in [-0.05, 0) is 29.8 Å². The Morgan fingerprint density at radius 1 is 0.906 bits per heavy atom. The molecular formula is C24H22N4O3S. The van der Waals surface area contributed by atoms with E-state index in [2.05, 4.69) is 5.32 Å². The summed E-state index contributed by atoms with van der Waals surface area (Å²) in [7, 11) is -3.76. The molecule has 3 aromatic carbocycles. The molecule has 3 N–H and O–H groups in total. The van der Waals surface area contributed by atoms with Gasteiger partial charge in [-0.1, -0.05) is 60.7 Å². The summed E-state index contributed by atoms with van der Waals surface area (Å²) in [5.74, 6) is -0.181. The predicted octanol–water partition coefficient (Wildman–Crippen LogP) is 3.05. The third kappa shape index (κ3) is 5.11. The fourth-order valence-corrected chi connectivity index (χ4v) is 3.85. The van der Waals surface area contributed by atoms with E-state index in [0.717, 1.165) is 22.5 Å². The number of para-hydroxylation sites is 1. The van der Waals surface area contributed by atoms with Crippen molar-refractivity contribution >= 4 is 15.9 Å². The van der Waals surface area contributed by atoms with Crippen LogP contribution >= 0.6 is 0 Å². The second-order valence-electron chi connectivity index (χ2n) is 7.29. The Morgan fingerprint density at radius 2 is 1.53 bits per heavy atom. The number of aromatic nitrogens is 2. The molecule has 162 valence electrons. The highest BCUT2D eigenvalue weighted by Crippen LogP contribution is 2.23. The third-order valence-corrected chi connectivity index (χ3v) is 5.88. The van der Waals surface area contributed by atoms with Crippen LogP contribution in [0.1, 0.15) is 11.1 Å². The summed E-state index contributed by atoms with van der Waals surface area (Å²) >= 11 is 0. The van der Waals surface area contributed by atoms with Gasteiger partial charge >= 0.3 is 0 Å². The number of nitrogens with one attached hydrogen (secondary N) is 1. The maximum Gasteiger partial charge on any atom is 0.238 e. The van der Waals surface area contributed by atoms with Crippen LogP contribution in [0.3, 0.4) is 0 Å². The van der Waals surface area contributed by atoms with E-state index in [-0.39, 0.29) is 17.2 Å². The minimum atomic E-state index is -3.76. The molecule has 4 rings (SSSR count). The van der Waals surface area contributed by atoms with E-state index in [1.807, 2.05) is 66.9 Å². The summed E-state index contributed by atoms with van der Waals surface area (Å²) < 4.78 is 24.5. The molecule has 1 heterocycles. The number of primary sulfonamides is 1. The number of hydrogen-bond acceptors (Lipinski definition) is 4. The lowest BCUT2D eigenvalue weighted by molar-refractivity contribution is -0.120. The van der Waals surface area contributed by atoms with Crippen molar-refractivity contribution in [2.45, 2.75) is 17.9 Å². The molecule has 0 atom stereocenters. The highest BCUT2D eigenvalue weighted by atomic mass is 32.2. The zero-order valence-corrected chi connectivity index (χ0v) is 18.0. The van der Waals surface area contributed by atoms with Crippen molar-refractivity contribution in [3.63, 3.8) is 0 Å². The normalized spacial score (nSPS) is 11.3. The summed E-state index contributed by atoms with van der Waals surface area (Å²) in [6.07, 6.45) is 2.04. The first-order valence-electron chi connectivity index (χ1n) is 9.98. The van der Waals surface area contributed by atoms with Gasteiger partial charge in [0.1, 0.15) is 0 Å². The molecule has 0 saturated heterocycles. The van der Waals surface area contributed by atoms with E-state index in [9.17, 15) is 13.2 Å². The average Bonchev–Trinajstić information content (AvgIpc) is 3.23. The van der Waals surface area contributed by atoms with E-state index in [1.54, 1.807) is 16.8 Å². The first-order valence-corrected chi connectivity index (χ1v) is 11.5. The highest BCUT2D eigenvalue weighted by Gasteiger charge is 2.14. The van der Waals surface area contributed by atoms with Crippen LogP contribution in [-0.4, -0.2) is 24.1 Å². The summed E-state index contributed by atoms with van der Waals surface area (Å²) in [5.41, 5.74) is 4.27. The number of sulfonamides is 1. The van der Waals surface area contributed by atoms with Crippen LogP contribution in [0.5, 0.6) is 0 Å². The first-order chi connectivity index (χ1) is 15.4. The molecule has 7 nitrogen and oxygen atoms in total. The fraction of sp³-hybridized carbons (Fsp3) is 0.0833. The van der Waals surface area contributed by atoms with Crippen molar-refractivity contribution in [2.75, 3.05) is 0 Å². The lowest BCUT2D eigenvalue weighted by atomic mass is 10.1. The summed E-state index contributed by atoms with van der Waals surface area (Å²) in [5, 5.41) is 12.8. The molecule has 0 radical (unpaired) electrons. The maximum absolute atomic E-state index is 12.5. The molecule has 4 aromatic rings. The fourth-order valence-electron chi connectivity index (χ4n) is 3.33. The van der Waals surface area contributed by atoms with Crippen LogP contribution in [0.15, 0.2) is 96.0 Å². The second kappa shape index (κ2) is 9.17. The van der Waals surface area contributed by atoms with Crippen molar-refractivity contribution in [3.8, 4) is 16.9 Å². The van der Waals surface area contributed by atoms with Crippen molar-refractivity contribution in [1.29, 1.82) is 0 Å². The molecule has 0 aliphatic rings. The topological polar surface area (TPSA) is 107 Å². The van der Waals surface area contributed by atoms with Crippen LogP contribution in [0, 0.1) is 0 Å². The lowest BCUT2D eigenvalue weighted by Crippen LogP contribution is -2.24. The van der Waals surface area contributed by atoms with E-state index in [0.29, 0.717) is 12.1 Å². The zero-order chi connectivity index (χ0) is 22.6. The molecule has 0 spiro atoms. The maximum atomic E-state index is 12.5. The molecule has 0 saturated carbocycles. The van der Waals surface area contributed by atoms with Crippen molar-refractivity contribution in [1.82, 2.24) is 15.1 Å². The second-order valence-corrected chi connectivity index (χ2v) is 8.85. The van der Waals surface area contributed by atoms with Gasteiger partial charge < -0.3 is 5.32 Å². The standard InChI is InChI=1S/C24H22N4O3S/c25-32(30,31)22-13-11-18(12-14-22)15-23(29)26-16-20-17-28(21-9-5-2-6-10-21)27-24(20)19-7-3-1-4-8-19/h1-14,17H,15-16H2,(H,26,29)(H2,25,30,31). The van der Waals surface area contributed by atoms with Gasteiger partial charge in [-0.3, -0.25) is 4.79 Å². The smallest absolute Gasteiger partial charge is 0.238 e. The number of carbonyl (C=O) groups is 1. The first kappa shape index (κ1) is 21.5. The molecule has 0 aliphatic carbocycles. The molecule has 32 heavy (non-hydrogen) atoms. The molecule has 1 amide bonds. The van der Waals surface area contributed by atoms with Crippen LogP contribution in [0.4, 0.5) is 0 Å². The summed E-state index contributed by atoms with van der Waals surface area (Å²) in [6, 6.07) is 25.5.